The van der Waals surface area contributed by atoms with Crippen LogP contribution in [0.15, 0.2) is 5.18 Å². The fraction of sp³-hybridized carbons (Fsp3) is 0.913. The monoisotopic (exact) mass is 484 g/mol. The third-order valence-electron chi connectivity index (χ3n) is 6.04. The number of hydrogen-bond donors (Lipinski definition) is 2. The van der Waals surface area contributed by atoms with Crippen LogP contribution in [0.2, 0.25) is 0 Å². The minimum Gasteiger partial charge on any atom is -0.354 e. The Bertz CT molecular complexity index is 617. The third kappa shape index (κ3) is 13.3. The van der Waals surface area contributed by atoms with Crippen molar-refractivity contribution in [1.82, 2.24) is 29.8 Å². The van der Waals surface area contributed by atoms with Crippen molar-refractivity contribution in [3.05, 3.63) is 4.91 Å². The number of nitroso groups, excluding NO2 is 1. The third-order valence-corrected chi connectivity index (χ3v) is 6.04. The molecule has 0 aromatic heterocycles. The molecule has 1 aliphatic rings. The number of carbonyl (C=O) groups excluding carboxylic acids is 2. The van der Waals surface area contributed by atoms with E-state index in [0.717, 1.165) is 58.7 Å². The zero-order chi connectivity index (χ0) is 25.6. The number of likely N-dealkylation sites (N-methyl/N-ethyl adjacent to an activating group) is 2. The molecule has 2 amide bonds. The van der Waals surface area contributed by atoms with Crippen molar-refractivity contribution < 1.29 is 9.59 Å². The van der Waals surface area contributed by atoms with E-state index in [0.29, 0.717) is 39.3 Å². The van der Waals surface area contributed by atoms with Crippen molar-refractivity contribution in [2.75, 3.05) is 106 Å². The van der Waals surface area contributed by atoms with Crippen LogP contribution < -0.4 is 11.1 Å². The molecule has 0 saturated carbocycles. The highest BCUT2D eigenvalue weighted by Crippen LogP contribution is 2.12. The second-order valence-electron chi connectivity index (χ2n) is 10.2. The highest BCUT2D eigenvalue weighted by molar-refractivity contribution is 5.78. The van der Waals surface area contributed by atoms with Gasteiger partial charge in [0.05, 0.1) is 13.1 Å². The molecule has 0 atom stereocenters. The summed E-state index contributed by atoms with van der Waals surface area (Å²) in [6, 6.07) is 0. The quantitative estimate of drug-likeness (QED) is 0.414. The second kappa shape index (κ2) is 16.1. The fourth-order valence-corrected chi connectivity index (χ4v) is 3.98. The molecule has 0 aliphatic carbocycles. The maximum Gasteiger partial charge on any atom is 0.236 e. The Morgan fingerprint density at radius 1 is 0.912 bits per heavy atom. The van der Waals surface area contributed by atoms with E-state index in [-0.39, 0.29) is 11.8 Å². The normalized spacial score (nSPS) is 19.4. The number of carbonyl (C=O) groups is 2. The summed E-state index contributed by atoms with van der Waals surface area (Å²) in [5.41, 5.74) is 4.89. The highest BCUT2D eigenvalue weighted by atomic mass is 16.3. The summed E-state index contributed by atoms with van der Waals surface area (Å²) in [7, 11) is 5.67. The fourth-order valence-electron chi connectivity index (χ4n) is 3.98. The van der Waals surface area contributed by atoms with Crippen LogP contribution >= 0.6 is 0 Å². The smallest absolute Gasteiger partial charge is 0.236 e. The first-order valence-corrected chi connectivity index (χ1v) is 12.4. The SMILES string of the molecule is CN1CCCN(CC(=O)N(C)C)CCN(CC(=O)NCCN)CCCN(CC(C)(C)N=O)CC1. The van der Waals surface area contributed by atoms with E-state index in [9.17, 15) is 14.5 Å². The summed E-state index contributed by atoms with van der Waals surface area (Å²) < 4.78 is 0. The van der Waals surface area contributed by atoms with Crippen molar-refractivity contribution in [2.45, 2.75) is 32.2 Å². The van der Waals surface area contributed by atoms with E-state index in [4.69, 9.17) is 5.73 Å². The predicted octanol–water partition coefficient (Wildman–Crippen LogP) is -0.674. The lowest BCUT2D eigenvalue weighted by atomic mass is 10.1. The van der Waals surface area contributed by atoms with Gasteiger partial charge in [0, 0.05) is 59.9 Å². The molecule has 1 rings (SSSR count). The zero-order valence-corrected chi connectivity index (χ0v) is 22.1. The van der Waals surface area contributed by atoms with Crippen molar-refractivity contribution in [3.63, 3.8) is 0 Å². The van der Waals surface area contributed by atoms with Gasteiger partial charge in [0.2, 0.25) is 11.8 Å². The number of nitrogens with zero attached hydrogens (tertiary/aromatic N) is 6. The second-order valence-corrected chi connectivity index (χ2v) is 10.2. The van der Waals surface area contributed by atoms with Gasteiger partial charge < -0.3 is 20.9 Å². The molecule has 0 radical (unpaired) electrons. The van der Waals surface area contributed by atoms with Crippen LogP contribution in [0.5, 0.6) is 0 Å². The summed E-state index contributed by atoms with van der Waals surface area (Å²) in [5, 5.41) is 6.15. The summed E-state index contributed by atoms with van der Waals surface area (Å²) in [5.74, 6) is 0.0519. The van der Waals surface area contributed by atoms with E-state index in [1.165, 1.54) is 0 Å². The van der Waals surface area contributed by atoms with Gasteiger partial charge in [-0.2, -0.15) is 4.91 Å². The minimum atomic E-state index is -0.634. The molecule has 3 N–H and O–H groups in total. The Labute approximate surface area is 205 Å². The molecule has 0 unspecified atom stereocenters. The summed E-state index contributed by atoms with van der Waals surface area (Å²) >= 11 is 0. The van der Waals surface area contributed by atoms with Gasteiger partial charge in [-0.1, -0.05) is 5.18 Å². The number of nitrogens with one attached hydrogen (secondary N) is 1. The first-order chi connectivity index (χ1) is 16.1. The van der Waals surface area contributed by atoms with Crippen LogP contribution in [0, 0.1) is 4.91 Å². The summed E-state index contributed by atoms with van der Waals surface area (Å²) in [6.45, 7) is 12.4. The van der Waals surface area contributed by atoms with E-state index < -0.39 is 5.54 Å². The number of nitrogens with two attached hydrogens (primary N) is 1. The zero-order valence-electron chi connectivity index (χ0n) is 22.1. The van der Waals surface area contributed by atoms with Crippen molar-refractivity contribution >= 4 is 11.8 Å². The van der Waals surface area contributed by atoms with E-state index >= 15 is 0 Å². The Morgan fingerprint density at radius 3 is 2.06 bits per heavy atom. The molecule has 0 aromatic carbocycles. The summed E-state index contributed by atoms with van der Waals surface area (Å²) in [6.07, 6.45) is 1.83. The molecule has 11 nitrogen and oxygen atoms in total. The highest BCUT2D eigenvalue weighted by Gasteiger charge is 2.23. The number of hydrogen-bond acceptors (Lipinski definition) is 9. The molecule has 1 aliphatic heterocycles. The van der Waals surface area contributed by atoms with Gasteiger partial charge in [0.1, 0.15) is 5.54 Å². The Balaban J connectivity index is 2.90. The van der Waals surface area contributed by atoms with Gasteiger partial charge >= 0.3 is 0 Å². The molecule has 34 heavy (non-hydrogen) atoms. The van der Waals surface area contributed by atoms with E-state index in [1.807, 2.05) is 13.8 Å². The van der Waals surface area contributed by atoms with Gasteiger partial charge in [-0.15, -0.1) is 0 Å². The Hall–Kier alpha value is -1.66. The van der Waals surface area contributed by atoms with Gasteiger partial charge in [-0.05, 0) is 59.9 Å². The summed E-state index contributed by atoms with van der Waals surface area (Å²) in [4.78, 5) is 46.6. The molecular weight excluding hydrogens is 436 g/mol. The Morgan fingerprint density at radius 2 is 1.47 bits per heavy atom. The molecule has 1 heterocycles. The maximum atomic E-state index is 12.4. The van der Waals surface area contributed by atoms with Crippen LogP contribution in [0.1, 0.15) is 26.7 Å². The first-order valence-electron chi connectivity index (χ1n) is 12.4. The maximum absolute atomic E-state index is 12.4. The standard InChI is InChI=1S/C23H48N8O3/c1-23(2,26-34)20-31-13-7-12-29(18-21(32)25-9-8-24)16-17-30(19-22(33)27(3)4)11-6-10-28(5)14-15-31/h6-20,24H2,1-5H3,(H,25,32). The number of amides is 2. The molecular formula is C23H48N8O3. The lowest BCUT2D eigenvalue weighted by molar-refractivity contribution is -0.130. The van der Waals surface area contributed by atoms with Crippen molar-refractivity contribution in [2.24, 2.45) is 10.9 Å². The van der Waals surface area contributed by atoms with Crippen LogP contribution in [0.4, 0.5) is 0 Å². The largest absolute Gasteiger partial charge is 0.354 e. The number of rotatable bonds is 9. The van der Waals surface area contributed by atoms with Gasteiger partial charge in [0.15, 0.2) is 0 Å². The average Bonchev–Trinajstić information content (AvgIpc) is 2.78. The topological polar surface area (TPSA) is 118 Å². The van der Waals surface area contributed by atoms with E-state index in [2.05, 4.69) is 37.1 Å². The molecule has 1 fully saturated rings. The van der Waals surface area contributed by atoms with E-state index in [1.54, 1.807) is 19.0 Å². The van der Waals surface area contributed by atoms with Crippen molar-refractivity contribution in [3.8, 4) is 0 Å². The molecule has 11 heteroatoms. The van der Waals surface area contributed by atoms with Gasteiger partial charge in [-0.3, -0.25) is 24.3 Å². The molecule has 0 spiro atoms. The van der Waals surface area contributed by atoms with Crippen LogP contribution in [0.25, 0.3) is 0 Å². The lowest BCUT2D eigenvalue weighted by Crippen LogP contribution is -2.46. The van der Waals surface area contributed by atoms with Gasteiger partial charge in [0.25, 0.3) is 0 Å². The lowest BCUT2D eigenvalue weighted by Gasteiger charge is -2.32. The van der Waals surface area contributed by atoms with Crippen LogP contribution in [-0.4, -0.2) is 148 Å². The molecule has 0 bridgehead atoms. The molecule has 1 saturated heterocycles. The predicted molar refractivity (Wildman–Crippen MR) is 137 cm³/mol. The van der Waals surface area contributed by atoms with Gasteiger partial charge in [-0.25, -0.2) is 0 Å². The molecule has 0 aromatic rings. The van der Waals surface area contributed by atoms with Crippen molar-refractivity contribution in [1.29, 1.82) is 0 Å². The van der Waals surface area contributed by atoms with Crippen LogP contribution in [0.3, 0.4) is 0 Å². The first kappa shape index (κ1) is 30.4. The molecule has 198 valence electrons. The average molecular weight is 485 g/mol. The van der Waals surface area contributed by atoms with Crippen LogP contribution in [-0.2, 0) is 9.59 Å². The Kier molecular flexibility index (Phi) is 14.4. The minimum absolute atomic E-state index is 0.0350.